The van der Waals surface area contributed by atoms with Crippen LogP contribution in [-0.4, -0.2) is 29.4 Å². The molecule has 0 saturated heterocycles. The van der Waals surface area contributed by atoms with Crippen LogP contribution < -0.4 is 4.74 Å². The lowest BCUT2D eigenvalue weighted by Gasteiger charge is -2.23. The number of methoxy groups -OCH3 is 1. The van der Waals surface area contributed by atoms with Crippen LogP contribution in [0.4, 0.5) is 0 Å². The molecule has 0 spiro atoms. The lowest BCUT2D eigenvalue weighted by Crippen LogP contribution is -2.31. The number of aromatic amines is 1. The molecular formula is C24H22N2O2. The topological polar surface area (TPSA) is 45.3 Å². The van der Waals surface area contributed by atoms with E-state index in [4.69, 9.17) is 4.74 Å². The molecule has 1 aliphatic heterocycles. The smallest absolute Gasteiger partial charge is 0.254 e. The van der Waals surface area contributed by atoms with Gasteiger partial charge in [-0.05, 0) is 47.9 Å². The maximum atomic E-state index is 13.5. The Balaban J connectivity index is 1.61. The van der Waals surface area contributed by atoms with E-state index in [0.717, 1.165) is 39.6 Å². The molecule has 4 nitrogen and oxygen atoms in total. The summed E-state index contributed by atoms with van der Waals surface area (Å²) < 4.78 is 5.65. The third kappa shape index (κ3) is 2.48. The Bertz CT molecular complexity index is 1220. The van der Waals surface area contributed by atoms with Crippen molar-refractivity contribution in [2.24, 2.45) is 0 Å². The number of nitrogens with zero attached hydrogens (tertiary/aromatic N) is 1. The number of carbonyl (C=O) groups is 1. The van der Waals surface area contributed by atoms with Gasteiger partial charge in [0.2, 0.25) is 0 Å². The number of amides is 1. The Kier molecular flexibility index (Phi) is 3.86. The summed E-state index contributed by atoms with van der Waals surface area (Å²) in [5, 5.41) is 3.30. The van der Waals surface area contributed by atoms with Crippen molar-refractivity contribution in [3.8, 4) is 5.75 Å². The minimum absolute atomic E-state index is 0.0719. The molecule has 0 fully saturated rings. The van der Waals surface area contributed by atoms with Gasteiger partial charge in [0.15, 0.2) is 0 Å². The monoisotopic (exact) mass is 370 g/mol. The predicted molar refractivity (Wildman–Crippen MR) is 112 cm³/mol. The molecule has 0 radical (unpaired) electrons. The second kappa shape index (κ2) is 6.41. The van der Waals surface area contributed by atoms with E-state index in [1.807, 2.05) is 53.4 Å². The van der Waals surface area contributed by atoms with E-state index < -0.39 is 0 Å². The van der Waals surface area contributed by atoms with E-state index >= 15 is 0 Å². The molecule has 0 aliphatic carbocycles. The fourth-order valence-corrected chi connectivity index (χ4v) is 4.48. The maximum Gasteiger partial charge on any atom is 0.254 e. The Morgan fingerprint density at radius 1 is 1.04 bits per heavy atom. The van der Waals surface area contributed by atoms with Crippen molar-refractivity contribution in [3.05, 3.63) is 77.0 Å². The number of ether oxygens (including phenoxy) is 1. The van der Waals surface area contributed by atoms with Crippen molar-refractivity contribution in [2.75, 3.05) is 13.7 Å². The van der Waals surface area contributed by atoms with Crippen LogP contribution in [0.15, 0.2) is 54.6 Å². The van der Waals surface area contributed by atoms with Crippen molar-refractivity contribution in [1.29, 1.82) is 0 Å². The maximum absolute atomic E-state index is 13.5. The first-order chi connectivity index (χ1) is 13.7. The van der Waals surface area contributed by atoms with Gasteiger partial charge in [0.25, 0.3) is 5.91 Å². The standard InChI is InChI=1S/C24H22N2O2/c1-15-17-12-13-26(14-20-22(28-2)11-10-21(25-15)23(17)20)24(27)19-9-5-7-16-6-3-4-8-18(16)19/h3-11,25H,12-14H2,1-2H3. The van der Waals surface area contributed by atoms with E-state index in [-0.39, 0.29) is 5.91 Å². The molecule has 1 aromatic heterocycles. The summed E-state index contributed by atoms with van der Waals surface area (Å²) in [6.07, 6.45) is 0.836. The second-order valence-electron chi connectivity index (χ2n) is 7.40. The minimum atomic E-state index is 0.0719. The Hall–Kier alpha value is -3.27. The quantitative estimate of drug-likeness (QED) is 0.549. The fourth-order valence-electron chi connectivity index (χ4n) is 4.48. The number of H-pyrrole nitrogens is 1. The van der Waals surface area contributed by atoms with Crippen LogP contribution in [0.25, 0.3) is 21.7 Å². The molecule has 1 amide bonds. The molecule has 0 bridgehead atoms. The summed E-state index contributed by atoms with van der Waals surface area (Å²) in [5.74, 6) is 0.910. The molecule has 1 aliphatic rings. The number of hydrogen-bond acceptors (Lipinski definition) is 2. The van der Waals surface area contributed by atoms with Crippen molar-refractivity contribution >= 4 is 27.6 Å². The minimum Gasteiger partial charge on any atom is -0.496 e. The number of fused-ring (bicyclic) bond motifs is 1. The number of aromatic nitrogens is 1. The van der Waals surface area contributed by atoms with Crippen LogP contribution in [-0.2, 0) is 13.0 Å². The molecule has 2 heterocycles. The molecule has 1 N–H and O–H groups in total. The number of benzene rings is 3. The van der Waals surface area contributed by atoms with E-state index in [2.05, 4.69) is 18.0 Å². The number of hydrogen-bond donors (Lipinski definition) is 1. The average Bonchev–Trinajstić information content (AvgIpc) is 2.91. The lowest BCUT2D eigenvalue weighted by molar-refractivity contribution is 0.0749. The summed E-state index contributed by atoms with van der Waals surface area (Å²) in [6, 6.07) is 18.1. The van der Waals surface area contributed by atoms with Gasteiger partial charge in [-0.2, -0.15) is 0 Å². The molecule has 4 aromatic rings. The highest BCUT2D eigenvalue weighted by atomic mass is 16.5. The zero-order chi connectivity index (χ0) is 19.3. The SMILES string of the molecule is COc1ccc2[nH]c(C)c3c2c1CN(C(=O)c1cccc2ccccc12)CC3. The summed E-state index contributed by atoms with van der Waals surface area (Å²) in [5.41, 5.74) is 5.42. The van der Waals surface area contributed by atoms with Gasteiger partial charge < -0.3 is 14.6 Å². The lowest BCUT2D eigenvalue weighted by atomic mass is 10.0. The van der Waals surface area contributed by atoms with E-state index in [1.165, 1.54) is 16.6 Å². The first-order valence-electron chi connectivity index (χ1n) is 9.61. The molecule has 4 heteroatoms. The first-order valence-corrected chi connectivity index (χ1v) is 9.61. The van der Waals surface area contributed by atoms with Gasteiger partial charge in [-0.25, -0.2) is 0 Å². The molecule has 140 valence electrons. The largest absolute Gasteiger partial charge is 0.496 e. The first kappa shape index (κ1) is 16.9. The normalized spacial score (nSPS) is 13.7. The third-order valence-electron chi connectivity index (χ3n) is 5.85. The van der Waals surface area contributed by atoms with Gasteiger partial charge in [0.1, 0.15) is 5.75 Å². The second-order valence-corrected chi connectivity index (χ2v) is 7.40. The average molecular weight is 370 g/mol. The highest BCUT2D eigenvalue weighted by Gasteiger charge is 2.26. The van der Waals surface area contributed by atoms with E-state index in [1.54, 1.807) is 7.11 Å². The Labute approximate surface area is 163 Å². The number of nitrogens with one attached hydrogen (secondary N) is 1. The summed E-state index contributed by atoms with van der Waals surface area (Å²) in [6.45, 7) is 3.34. The van der Waals surface area contributed by atoms with Gasteiger partial charge in [-0.1, -0.05) is 36.4 Å². The molecule has 3 aromatic carbocycles. The zero-order valence-electron chi connectivity index (χ0n) is 16.1. The molecular weight excluding hydrogens is 348 g/mol. The number of rotatable bonds is 2. The Morgan fingerprint density at radius 2 is 1.86 bits per heavy atom. The van der Waals surface area contributed by atoms with Crippen molar-refractivity contribution in [3.63, 3.8) is 0 Å². The van der Waals surface area contributed by atoms with Crippen LogP contribution in [0.2, 0.25) is 0 Å². The van der Waals surface area contributed by atoms with Gasteiger partial charge >= 0.3 is 0 Å². The molecule has 28 heavy (non-hydrogen) atoms. The summed E-state index contributed by atoms with van der Waals surface area (Å²) >= 11 is 0. The van der Waals surface area contributed by atoms with Crippen LogP contribution in [0.5, 0.6) is 5.75 Å². The zero-order valence-corrected chi connectivity index (χ0v) is 16.1. The summed E-state index contributed by atoms with van der Waals surface area (Å²) in [7, 11) is 1.69. The highest BCUT2D eigenvalue weighted by Crippen LogP contribution is 2.36. The molecule has 0 atom stereocenters. The van der Waals surface area contributed by atoms with Gasteiger partial charge in [-0.15, -0.1) is 0 Å². The molecule has 0 unspecified atom stereocenters. The molecule has 0 saturated carbocycles. The van der Waals surface area contributed by atoms with Crippen molar-refractivity contribution in [1.82, 2.24) is 9.88 Å². The van der Waals surface area contributed by atoms with Crippen LogP contribution >= 0.6 is 0 Å². The molecule has 5 rings (SSSR count). The number of carbonyl (C=O) groups excluding carboxylic acids is 1. The Morgan fingerprint density at radius 3 is 2.71 bits per heavy atom. The third-order valence-corrected chi connectivity index (χ3v) is 5.85. The highest BCUT2D eigenvalue weighted by molar-refractivity contribution is 6.07. The van der Waals surface area contributed by atoms with Crippen LogP contribution in [0.3, 0.4) is 0 Å². The van der Waals surface area contributed by atoms with Crippen molar-refractivity contribution < 1.29 is 9.53 Å². The van der Waals surface area contributed by atoms with Crippen molar-refractivity contribution in [2.45, 2.75) is 19.9 Å². The van der Waals surface area contributed by atoms with Crippen LogP contribution in [0.1, 0.15) is 27.2 Å². The van der Waals surface area contributed by atoms with Gasteiger partial charge in [0.05, 0.1) is 13.7 Å². The summed E-state index contributed by atoms with van der Waals surface area (Å²) in [4.78, 5) is 19.0. The van der Waals surface area contributed by atoms with Crippen LogP contribution in [0, 0.1) is 6.92 Å². The van der Waals surface area contributed by atoms with Gasteiger partial charge in [0, 0.05) is 34.3 Å². The predicted octanol–water partition coefficient (Wildman–Crippen LogP) is 4.84. The van der Waals surface area contributed by atoms with E-state index in [9.17, 15) is 4.79 Å². The fraction of sp³-hybridized carbons (Fsp3) is 0.208. The van der Waals surface area contributed by atoms with E-state index in [0.29, 0.717) is 13.1 Å². The van der Waals surface area contributed by atoms with Gasteiger partial charge in [-0.3, -0.25) is 4.79 Å². The number of aryl methyl sites for hydroxylation is 1.